The first-order valence-corrected chi connectivity index (χ1v) is 11.2. The van der Waals surface area contributed by atoms with E-state index in [2.05, 4.69) is 16.0 Å². The van der Waals surface area contributed by atoms with Crippen LogP contribution in [0.2, 0.25) is 5.02 Å². The minimum absolute atomic E-state index is 0.176. The van der Waals surface area contributed by atoms with Crippen LogP contribution < -0.4 is 10.1 Å². The van der Waals surface area contributed by atoms with Gasteiger partial charge in [0.2, 0.25) is 0 Å². The minimum Gasteiger partial charge on any atom is -0.493 e. The Kier molecular flexibility index (Phi) is 7.07. The van der Waals surface area contributed by atoms with E-state index >= 15 is 0 Å². The second-order valence-corrected chi connectivity index (χ2v) is 8.03. The zero-order valence-electron chi connectivity index (χ0n) is 18.1. The first-order chi connectivity index (χ1) is 15.6. The van der Waals surface area contributed by atoms with Crippen molar-refractivity contribution in [1.82, 2.24) is 14.9 Å². The molecule has 0 atom stereocenters. The third-order valence-corrected chi connectivity index (χ3v) is 5.69. The van der Waals surface area contributed by atoms with Crippen molar-refractivity contribution in [2.75, 3.05) is 13.2 Å². The van der Waals surface area contributed by atoms with Crippen molar-refractivity contribution in [2.24, 2.45) is 0 Å². The molecule has 3 aromatic carbocycles. The molecule has 0 spiro atoms. The number of halogens is 1. The summed E-state index contributed by atoms with van der Waals surface area (Å²) in [5.41, 5.74) is 3.67. The first kappa shape index (κ1) is 21.9. The predicted molar refractivity (Wildman–Crippen MR) is 129 cm³/mol. The van der Waals surface area contributed by atoms with Crippen molar-refractivity contribution in [2.45, 2.75) is 26.3 Å². The Morgan fingerprint density at radius 3 is 2.62 bits per heavy atom. The van der Waals surface area contributed by atoms with Gasteiger partial charge in [-0.25, -0.2) is 4.98 Å². The van der Waals surface area contributed by atoms with Crippen molar-refractivity contribution in [3.63, 3.8) is 0 Å². The number of ether oxygens (including phenoxy) is 1. The average molecular weight is 448 g/mol. The van der Waals surface area contributed by atoms with Gasteiger partial charge < -0.3 is 14.6 Å². The van der Waals surface area contributed by atoms with Gasteiger partial charge in [0.25, 0.3) is 5.91 Å². The summed E-state index contributed by atoms with van der Waals surface area (Å²) < 4.78 is 8.18. The third kappa shape index (κ3) is 5.11. The largest absolute Gasteiger partial charge is 0.493 e. The summed E-state index contributed by atoms with van der Waals surface area (Å²) in [6, 6.07) is 23.2. The van der Waals surface area contributed by atoms with E-state index in [1.165, 1.54) is 0 Å². The summed E-state index contributed by atoms with van der Waals surface area (Å²) in [7, 11) is 0. The van der Waals surface area contributed by atoms with Gasteiger partial charge in [0, 0.05) is 19.5 Å². The van der Waals surface area contributed by atoms with Crippen molar-refractivity contribution in [1.29, 1.82) is 0 Å². The lowest BCUT2D eigenvalue weighted by molar-refractivity contribution is 0.0954. The van der Waals surface area contributed by atoms with Crippen molar-refractivity contribution < 1.29 is 9.53 Å². The quantitative estimate of drug-likeness (QED) is 0.347. The maximum absolute atomic E-state index is 12.4. The minimum atomic E-state index is -0.176. The Bertz CT molecular complexity index is 1220. The molecule has 0 saturated carbocycles. The molecule has 1 N–H and O–H groups in total. The van der Waals surface area contributed by atoms with Gasteiger partial charge in [-0.1, -0.05) is 54.1 Å². The van der Waals surface area contributed by atoms with Gasteiger partial charge in [0.15, 0.2) is 0 Å². The Morgan fingerprint density at radius 2 is 1.78 bits per heavy atom. The molecule has 0 radical (unpaired) electrons. The summed E-state index contributed by atoms with van der Waals surface area (Å²) in [6.07, 6.45) is 1.48. The smallest absolute Gasteiger partial charge is 0.252 e. The Labute approximate surface area is 193 Å². The molecule has 1 aromatic heterocycles. The molecule has 0 aliphatic heterocycles. The molecule has 0 aliphatic rings. The monoisotopic (exact) mass is 447 g/mol. The molecule has 0 unspecified atom stereocenters. The highest BCUT2D eigenvalue weighted by molar-refractivity contribution is 6.33. The summed E-state index contributed by atoms with van der Waals surface area (Å²) in [5, 5.41) is 3.40. The molecule has 0 bridgehead atoms. The number of benzene rings is 3. The van der Waals surface area contributed by atoms with E-state index in [1.807, 2.05) is 55.5 Å². The van der Waals surface area contributed by atoms with Crippen LogP contribution in [-0.4, -0.2) is 28.6 Å². The van der Waals surface area contributed by atoms with E-state index in [1.54, 1.807) is 18.2 Å². The Balaban J connectivity index is 1.39. The third-order valence-electron chi connectivity index (χ3n) is 5.36. The van der Waals surface area contributed by atoms with E-state index < -0.39 is 0 Å². The SMILES string of the molecule is Cc1ccccc1OCCCn1c(CCNC(=O)c2ccccc2Cl)nc2ccccc21. The van der Waals surface area contributed by atoms with Gasteiger partial charge in [-0.05, 0) is 49.2 Å². The first-order valence-electron chi connectivity index (χ1n) is 10.8. The number of aryl methyl sites for hydroxylation is 2. The van der Waals surface area contributed by atoms with Gasteiger partial charge in [-0.2, -0.15) is 0 Å². The van der Waals surface area contributed by atoms with Crippen LogP contribution in [0.5, 0.6) is 5.75 Å². The number of imidazole rings is 1. The number of carbonyl (C=O) groups excluding carboxylic acids is 1. The molecule has 0 saturated heterocycles. The molecule has 4 rings (SSSR count). The summed E-state index contributed by atoms with van der Waals surface area (Å²) in [4.78, 5) is 17.2. The van der Waals surface area contributed by atoms with E-state index in [9.17, 15) is 4.79 Å². The highest BCUT2D eigenvalue weighted by Gasteiger charge is 2.13. The van der Waals surface area contributed by atoms with Crippen LogP contribution in [0.15, 0.2) is 72.8 Å². The topological polar surface area (TPSA) is 56.1 Å². The lowest BCUT2D eigenvalue weighted by atomic mass is 10.2. The van der Waals surface area contributed by atoms with Crippen molar-refractivity contribution in [3.8, 4) is 5.75 Å². The fourth-order valence-electron chi connectivity index (χ4n) is 3.72. The summed E-state index contributed by atoms with van der Waals surface area (Å²) in [5.74, 6) is 1.69. The van der Waals surface area contributed by atoms with E-state index in [0.717, 1.165) is 41.1 Å². The van der Waals surface area contributed by atoms with Gasteiger partial charge in [-0.15, -0.1) is 0 Å². The number of para-hydroxylation sites is 3. The number of rotatable bonds is 9. The van der Waals surface area contributed by atoms with Gasteiger partial charge in [0.05, 0.1) is 28.2 Å². The van der Waals surface area contributed by atoms with Crippen LogP contribution in [0.25, 0.3) is 11.0 Å². The van der Waals surface area contributed by atoms with E-state index in [-0.39, 0.29) is 5.91 Å². The lowest BCUT2D eigenvalue weighted by Crippen LogP contribution is -2.26. The predicted octanol–water partition coefficient (Wildman–Crippen LogP) is 5.44. The highest BCUT2D eigenvalue weighted by atomic mass is 35.5. The normalized spacial score (nSPS) is 10.9. The molecule has 4 aromatic rings. The number of nitrogens with one attached hydrogen (secondary N) is 1. The number of carbonyl (C=O) groups is 1. The molecule has 0 fully saturated rings. The maximum Gasteiger partial charge on any atom is 0.252 e. The van der Waals surface area contributed by atoms with Gasteiger partial charge in [0.1, 0.15) is 11.6 Å². The van der Waals surface area contributed by atoms with Gasteiger partial charge in [-0.3, -0.25) is 4.79 Å². The molecule has 6 heteroatoms. The average Bonchev–Trinajstić information content (AvgIpc) is 3.15. The standard InChI is InChI=1S/C26H26ClN3O2/c1-19-9-2-7-14-24(19)32-18-8-17-30-23-13-6-5-12-22(23)29-25(30)15-16-28-26(31)20-10-3-4-11-21(20)27/h2-7,9-14H,8,15-18H2,1H3,(H,28,31). The van der Waals surface area contributed by atoms with Crippen LogP contribution in [0.1, 0.15) is 28.2 Å². The van der Waals surface area contributed by atoms with Crippen LogP contribution in [0.3, 0.4) is 0 Å². The van der Waals surface area contributed by atoms with Crippen LogP contribution in [-0.2, 0) is 13.0 Å². The maximum atomic E-state index is 12.4. The zero-order chi connectivity index (χ0) is 22.3. The Hall–Kier alpha value is -3.31. The van der Waals surface area contributed by atoms with E-state index in [4.69, 9.17) is 21.3 Å². The molecule has 1 heterocycles. The second-order valence-electron chi connectivity index (χ2n) is 7.62. The Morgan fingerprint density at radius 1 is 1.03 bits per heavy atom. The lowest BCUT2D eigenvalue weighted by Gasteiger charge is -2.12. The number of hydrogen-bond donors (Lipinski definition) is 1. The molecule has 5 nitrogen and oxygen atoms in total. The number of fused-ring (bicyclic) bond motifs is 1. The fraction of sp³-hybridized carbons (Fsp3) is 0.231. The van der Waals surface area contributed by atoms with Crippen LogP contribution >= 0.6 is 11.6 Å². The van der Waals surface area contributed by atoms with E-state index in [0.29, 0.717) is 30.2 Å². The number of hydrogen-bond acceptors (Lipinski definition) is 3. The second kappa shape index (κ2) is 10.3. The fourth-order valence-corrected chi connectivity index (χ4v) is 3.94. The zero-order valence-corrected chi connectivity index (χ0v) is 18.8. The molecule has 0 aliphatic carbocycles. The summed E-state index contributed by atoms with van der Waals surface area (Å²) in [6.45, 7) is 3.95. The molecular formula is C26H26ClN3O2. The van der Waals surface area contributed by atoms with Gasteiger partial charge >= 0.3 is 0 Å². The van der Waals surface area contributed by atoms with Crippen molar-refractivity contribution >= 4 is 28.5 Å². The van der Waals surface area contributed by atoms with Crippen LogP contribution in [0.4, 0.5) is 0 Å². The van der Waals surface area contributed by atoms with Crippen LogP contribution in [0, 0.1) is 6.92 Å². The molecule has 164 valence electrons. The van der Waals surface area contributed by atoms with Crippen molar-refractivity contribution in [3.05, 3.63) is 94.8 Å². The summed E-state index contributed by atoms with van der Waals surface area (Å²) >= 11 is 6.13. The number of aromatic nitrogens is 2. The highest BCUT2D eigenvalue weighted by Crippen LogP contribution is 2.19. The number of nitrogens with zero attached hydrogens (tertiary/aromatic N) is 2. The molecule has 32 heavy (non-hydrogen) atoms. The number of amides is 1. The molecular weight excluding hydrogens is 422 g/mol. The molecule has 1 amide bonds.